The lowest BCUT2D eigenvalue weighted by Crippen LogP contribution is -2.32. The number of rotatable bonds is 5. The topological polar surface area (TPSA) is 71.1 Å². The van der Waals surface area contributed by atoms with Crippen molar-refractivity contribution in [2.24, 2.45) is 17.3 Å². The van der Waals surface area contributed by atoms with Gasteiger partial charge in [0.2, 0.25) is 0 Å². The van der Waals surface area contributed by atoms with Gasteiger partial charge in [0, 0.05) is 25.4 Å². The first kappa shape index (κ1) is 16.2. The van der Waals surface area contributed by atoms with Crippen LogP contribution in [-0.2, 0) is 28.5 Å². The normalized spacial score (nSPS) is 31.9. The highest BCUT2D eigenvalue weighted by Gasteiger charge is 2.51. The molecule has 0 aromatic heterocycles. The molecule has 0 radical (unpaired) electrons. The number of carbonyl (C=O) groups is 2. The maximum atomic E-state index is 11.9. The van der Waals surface area contributed by atoms with Gasteiger partial charge in [-0.05, 0) is 20.8 Å². The van der Waals surface area contributed by atoms with Gasteiger partial charge in [0.05, 0.1) is 24.5 Å². The Morgan fingerprint density at radius 3 is 2.71 bits per heavy atom. The molecule has 21 heavy (non-hydrogen) atoms. The molecule has 0 aromatic rings. The Labute approximate surface area is 125 Å². The summed E-state index contributed by atoms with van der Waals surface area (Å²) in [6, 6.07) is 0. The Morgan fingerprint density at radius 2 is 2.10 bits per heavy atom. The average molecular weight is 300 g/mol. The number of hydrogen-bond acceptors (Lipinski definition) is 6. The van der Waals surface area contributed by atoms with Crippen LogP contribution >= 0.6 is 0 Å². The predicted molar refractivity (Wildman–Crippen MR) is 73.3 cm³/mol. The summed E-state index contributed by atoms with van der Waals surface area (Å²) < 4.78 is 21.3. The van der Waals surface area contributed by atoms with E-state index in [1.54, 1.807) is 7.11 Å². The van der Waals surface area contributed by atoms with Gasteiger partial charge in [-0.15, -0.1) is 0 Å². The van der Waals surface area contributed by atoms with Crippen LogP contribution in [0.5, 0.6) is 0 Å². The molecule has 0 spiro atoms. The van der Waals surface area contributed by atoms with E-state index in [1.165, 1.54) is 0 Å². The Morgan fingerprint density at radius 1 is 1.38 bits per heavy atom. The van der Waals surface area contributed by atoms with Crippen LogP contribution < -0.4 is 0 Å². The lowest BCUT2D eigenvalue weighted by atomic mass is 9.92. The second-order valence-electron chi connectivity index (χ2n) is 6.76. The first-order chi connectivity index (χ1) is 9.82. The molecule has 0 bridgehead atoms. The monoisotopic (exact) mass is 300 g/mol. The van der Waals surface area contributed by atoms with Crippen molar-refractivity contribution in [3.63, 3.8) is 0 Å². The van der Waals surface area contributed by atoms with Gasteiger partial charge in [0.25, 0.3) is 0 Å². The molecule has 2 aliphatic rings. The van der Waals surface area contributed by atoms with Gasteiger partial charge in [-0.1, -0.05) is 0 Å². The van der Waals surface area contributed by atoms with Crippen molar-refractivity contribution in [2.45, 2.75) is 45.8 Å². The highest BCUT2D eigenvalue weighted by atomic mass is 16.7. The van der Waals surface area contributed by atoms with Crippen LogP contribution in [-0.4, -0.2) is 44.7 Å². The largest absolute Gasteiger partial charge is 0.465 e. The Hall–Kier alpha value is -1.14. The van der Waals surface area contributed by atoms with Crippen LogP contribution in [0.1, 0.15) is 33.6 Å². The van der Waals surface area contributed by atoms with Gasteiger partial charge in [-0.3, -0.25) is 9.59 Å². The maximum absolute atomic E-state index is 11.9. The number of ether oxygens (including phenoxy) is 4. The molecular weight excluding hydrogens is 276 g/mol. The summed E-state index contributed by atoms with van der Waals surface area (Å²) >= 11 is 0. The first-order valence-electron chi connectivity index (χ1n) is 7.30. The zero-order chi connectivity index (χ0) is 15.6. The summed E-state index contributed by atoms with van der Waals surface area (Å²) in [5, 5.41) is 0. The minimum atomic E-state index is -0.539. The summed E-state index contributed by atoms with van der Waals surface area (Å²) in [6.45, 7) is 5.87. The molecule has 1 saturated carbocycles. The van der Waals surface area contributed by atoms with E-state index in [-0.39, 0.29) is 49.4 Å². The Kier molecular flexibility index (Phi) is 4.88. The van der Waals surface area contributed by atoms with Crippen LogP contribution in [0.15, 0.2) is 0 Å². The molecule has 120 valence electrons. The number of methoxy groups -OCH3 is 1. The fourth-order valence-corrected chi connectivity index (χ4v) is 2.92. The second-order valence-corrected chi connectivity index (χ2v) is 6.76. The molecule has 0 aromatic carbocycles. The summed E-state index contributed by atoms with van der Waals surface area (Å²) in [5.74, 6) is -0.390. The zero-order valence-electron chi connectivity index (χ0n) is 13.1. The van der Waals surface area contributed by atoms with Gasteiger partial charge in [-0.25, -0.2) is 0 Å². The highest BCUT2D eigenvalue weighted by molar-refractivity contribution is 5.75. The molecular formula is C15H24O6. The molecule has 1 aliphatic heterocycles. The van der Waals surface area contributed by atoms with Crippen molar-refractivity contribution in [1.29, 1.82) is 0 Å². The summed E-state index contributed by atoms with van der Waals surface area (Å²) in [5.41, 5.74) is -0.539. The molecule has 1 aliphatic carbocycles. The van der Waals surface area contributed by atoms with E-state index in [1.807, 2.05) is 20.8 Å². The molecule has 2 rings (SSSR count). The molecule has 6 nitrogen and oxygen atoms in total. The van der Waals surface area contributed by atoms with Crippen molar-refractivity contribution in [2.75, 3.05) is 20.5 Å². The summed E-state index contributed by atoms with van der Waals surface area (Å²) in [6.07, 6.45) is 0.769. The van der Waals surface area contributed by atoms with Crippen molar-refractivity contribution >= 4 is 11.9 Å². The van der Waals surface area contributed by atoms with Crippen LogP contribution in [0.2, 0.25) is 0 Å². The van der Waals surface area contributed by atoms with Gasteiger partial charge >= 0.3 is 11.9 Å². The fraction of sp³-hybridized carbons (Fsp3) is 0.867. The summed E-state index contributed by atoms with van der Waals surface area (Å²) in [7, 11) is 1.56. The molecule has 1 heterocycles. The lowest BCUT2D eigenvalue weighted by Gasteiger charge is -2.24. The third-order valence-corrected chi connectivity index (χ3v) is 4.07. The second kappa shape index (κ2) is 6.32. The third kappa shape index (κ3) is 3.74. The molecule has 0 N–H and O–H groups in total. The SMILES string of the molecule is COCO[C@H]1C[C@H]2OC(=O)C[C@H]2[C@@H]1COC(=O)C(C)(C)C. The van der Waals surface area contributed by atoms with Crippen molar-refractivity contribution < 1.29 is 28.5 Å². The third-order valence-electron chi connectivity index (χ3n) is 4.07. The number of fused-ring (bicyclic) bond motifs is 1. The number of hydrogen-bond donors (Lipinski definition) is 0. The van der Waals surface area contributed by atoms with E-state index < -0.39 is 5.41 Å². The van der Waals surface area contributed by atoms with Gasteiger partial charge in [0.15, 0.2) is 0 Å². The zero-order valence-corrected chi connectivity index (χ0v) is 13.1. The highest BCUT2D eigenvalue weighted by Crippen LogP contribution is 2.43. The van der Waals surface area contributed by atoms with Crippen LogP contribution in [0.25, 0.3) is 0 Å². The van der Waals surface area contributed by atoms with Crippen LogP contribution in [0.4, 0.5) is 0 Å². The molecule has 4 atom stereocenters. The number of esters is 2. The van der Waals surface area contributed by atoms with E-state index in [0.29, 0.717) is 12.8 Å². The maximum Gasteiger partial charge on any atom is 0.311 e. The van der Waals surface area contributed by atoms with Gasteiger partial charge in [-0.2, -0.15) is 0 Å². The molecule has 1 saturated heterocycles. The van der Waals surface area contributed by atoms with E-state index >= 15 is 0 Å². The number of carbonyl (C=O) groups excluding carboxylic acids is 2. The Balaban J connectivity index is 1.97. The van der Waals surface area contributed by atoms with Crippen LogP contribution in [0.3, 0.4) is 0 Å². The molecule has 0 unspecified atom stereocenters. The first-order valence-corrected chi connectivity index (χ1v) is 7.30. The minimum Gasteiger partial charge on any atom is -0.465 e. The molecule has 0 amide bonds. The van der Waals surface area contributed by atoms with E-state index in [2.05, 4.69) is 0 Å². The lowest BCUT2D eigenvalue weighted by molar-refractivity contribution is -0.158. The van der Waals surface area contributed by atoms with Gasteiger partial charge < -0.3 is 18.9 Å². The predicted octanol–water partition coefficient (Wildman–Crippen LogP) is 1.52. The Bertz CT molecular complexity index is 399. The summed E-state index contributed by atoms with van der Waals surface area (Å²) in [4.78, 5) is 23.3. The fourth-order valence-electron chi connectivity index (χ4n) is 2.92. The average Bonchev–Trinajstić information content (AvgIpc) is 2.88. The molecule has 2 fully saturated rings. The van der Waals surface area contributed by atoms with E-state index in [0.717, 1.165) is 0 Å². The van der Waals surface area contributed by atoms with E-state index in [4.69, 9.17) is 18.9 Å². The van der Waals surface area contributed by atoms with Crippen LogP contribution in [0, 0.1) is 17.3 Å². The minimum absolute atomic E-state index is 0.0251. The smallest absolute Gasteiger partial charge is 0.311 e. The standard InChI is InChI=1S/C15H24O6/c1-15(2,3)14(17)19-7-10-9-5-13(16)21-12(9)6-11(10)20-8-18-4/h9-12H,5-8H2,1-4H3/t9-,10-,11-,12+/m0/s1. The quantitative estimate of drug-likeness (QED) is 0.566. The molecule has 6 heteroatoms. The van der Waals surface area contributed by atoms with Gasteiger partial charge in [0.1, 0.15) is 12.9 Å². The van der Waals surface area contributed by atoms with Crippen molar-refractivity contribution in [3.8, 4) is 0 Å². The van der Waals surface area contributed by atoms with Crippen molar-refractivity contribution in [1.82, 2.24) is 0 Å². The van der Waals surface area contributed by atoms with E-state index in [9.17, 15) is 9.59 Å². The van der Waals surface area contributed by atoms with Crippen molar-refractivity contribution in [3.05, 3.63) is 0 Å².